The Bertz CT molecular complexity index is 2320. The molecular weight excluding hydrogens is 677 g/mol. The van der Waals surface area contributed by atoms with Crippen molar-refractivity contribution in [3.63, 3.8) is 0 Å². The second-order valence-corrected chi connectivity index (χ2v) is 14.6. The van der Waals surface area contributed by atoms with Crippen LogP contribution in [0.1, 0.15) is 114 Å². The van der Waals surface area contributed by atoms with Crippen molar-refractivity contribution in [1.82, 2.24) is 4.90 Å². The normalized spacial score (nSPS) is 14.1. The molecule has 0 saturated heterocycles. The lowest BCUT2D eigenvalue weighted by Crippen LogP contribution is -2.48. The van der Waals surface area contributed by atoms with Crippen LogP contribution < -0.4 is 14.4 Å². The molecule has 5 aromatic rings. The molecule has 8 heteroatoms. The third-order valence-corrected chi connectivity index (χ3v) is 11.6. The smallest absolute Gasteiger partial charge is 0.266 e. The van der Waals surface area contributed by atoms with E-state index in [2.05, 4.69) is 32.9 Å². The minimum Gasteiger partial charge on any atom is -0.457 e. The molecule has 0 unspecified atom stereocenters. The van der Waals surface area contributed by atoms with Crippen LogP contribution in [0.2, 0.25) is 0 Å². The molecule has 2 heterocycles. The molecule has 0 fully saturated rings. The average Bonchev–Trinajstić information content (AvgIpc) is 3.60. The van der Waals surface area contributed by atoms with E-state index in [9.17, 15) is 19.2 Å². The molecule has 0 atom stereocenters. The number of rotatable bonds is 12. The molecule has 2 aliphatic heterocycles. The molecule has 5 aromatic carbocycles. The van der Waals surface area contributed by atoms with E-state index in [1.807, 2.05) is 51.1 Å². The number of carbonyl (C=O) groups is 4. The van der Waals surface area contributed by atoms with E-state index >= 15 is 0 Å². The van der Waals surface area contributed by atoms with Gasteiger partial charge in [-0.25, -0.2) is 4.90 Å². The summed E-state index contributed by atoms with van der Waals surface area (Å²) in [5, 5.41) is 0. The van der Waals surface area contributed by atoms with Crippen molar-refractivity contribution in [2.75, 3.05) is 4.90 Å². The molecule has 4 amide bonds. The number of amides is 4. The minimum atomic E-state index is -0.587. The van der Waals surface area contributed by atoms with Crippen molar-refractivity contribution in [3.8, 4) is 34.1 Å². The van der Waals surface area contributed by atoms with Gasteiger partial charge in [0.1, 0.15) is 23.0 Å². The van der Waals surface area contributed by atoms with Gasteiger partial charge in [-0.15, -0.1) is 0 Å². The summed E-state index contributed by atoms with van der Waals surface area (Å²) >= 11 is 0. The van der Waals surface area contributed by atoms with Gasteiger partial charge in [-0.3, -0.25) is 24.1 Å². The van der Waals surface area contributed by atoms with E-state index in [1.54, 1.807) is 66.7 Å². The summed E-state index contributed by atoms with van der Waals surface area (Å²) < 4.78 is 12.4. The van der Waals surface area contributed by atoms with Gasteiger partial charge in [0.15, 0.2) is 0 Å². The molecular formula is C46H44N2O6. The van der Waals surface area contributed by atoms with Crippen LogP contribution in [-0.2, 0) is 5.41 Å². The Labute approximate surface area is 316 Å². The lowest BCUT2D eigenvalue weighted by molar-refractivity contribution is 0.0434. The lowest BCUT2D eigenvalue weighted by atomic mass is 9.78. The van der Waals surface area contributed by atoms with Gasteiger partial charge in [0.05, 0.1) is 27.9 Å². The number of hydrogen-bond acceptors (Lipinski definition) is 6. The van der Waals surface area contributed by atoms with Crippen LogP contribution in [0.3, 0.4) is 0 Å². The molecule has 0 radical (unpaired) electrons. The van der Waals surface area contributed by atoms with Crippen molar-refractivity contribution in [1.29, 1.82) is 0 Å². The van der Waals surface area contributed by atoms with Crippen LogP contribution in [0.5, 0.6) is 23.0 Å². The molecule has 2 aliphatic rings. The largest absolute Gasteiger partial charge is 0.457 e. The second kappa shape index (κ2) is 14.1. The number of ether oxygens (including phenoxy) is 2. The summed E-state index contributed by atoms with van der Waals surface area (Å²) in [7, 11) is 0. The van der Waals surface area contributed by atoms with Gasteiger partial charge in [-0.05, 0) is 115 Å². The van der Waals surface area contributed by atoms with Crippen LogP contribution in [-0.4, -0.2) is 34.1 Å². The number of fused-ring (bicyclic) bond motifs is 2. The molecule has 0 bridgehead atoms. The first-order valence-electron chi connectivity index (χ1n) is 18.7. The van der Waals surface area contributed by atoms with Gasteiger partial charge >= 0.3 is 0 Å². The van der Waals surface area contributed by atoms with E-state index in [1.165, 1.54) is 10.5 Å². The minimum absolute atomic E-state index is 0.0671. The zero-order valence-electron chi connectivity index (χ0n) is 31.6. The van der Waals surface area contributed by atoms with Gasteiger partial charge in [0, 0.05) is 17.7 Å². The molecule has 8 nitrogen and oxygen atoms in total. The van der Waals surface area contributed by atoms with E-state index in [4.69, 9.17) is 9.47 Å². The SMILES string of the molecule is CCC(C)(CC)c1cccc(Oc2cccc(Oc3cccc(N4C(=O)c5ccc(-c6ccc7c(c6)C(=O)N(C(C)(CC)CC)C7=O)cc5C4=O)c3)c2)c1. The monoisotopic (exact) mass is 720 g/mol. The first kappa shape index (κ1) is 36.3. The zero-order valence-corrected chi connectivity index (χ0v) is 31.6. The van der Waals surface area contributed by atoms with Crippen molar-refractivity contribution in [2.24, 2.45) is 0 Å². The molecule has 0 aromatic heterocycles. The Morgan fingerprint density at radius 3 is 1.52 bits per heavy atom. The topological polar surface area (TPSA) is 93.2 Å². The Morgan fingerprint density at radius 1 is 0.481 bits per heavy atom. The predicted molar refractivity (Wildman–Crippen MR) is 210 cm³/mol. The Kier molecular flexibility index (Phi) is 9.48. The van der Waals surface area contributed by atoms with Crippen LogP contribution in [0.25, 0.3) is 11.1 Å². The Balaban J connectivity index is 1.09. The summed E-state index contributed by atoms with van der Waals surface area (Å²) in [5.74, 6) is 0.815. The second-order valence-electron chi connectivity index (χ2n) is 14.6. The first-order chi connectivity index (χ1) is 25.9. The summed E-state index contributed by atoms with van der Waals surface area (Å²) in [4.78, 5) is 56.8. The third-order valence-electron chi connectivity index (χ3n) is 11.6. The highest BCUT2D eigenvalue weighted by Crippen LogP contribution is 2.39. The summed E-state index contributed by atoms with van der Waals surface area (Å²) in [6.45, 7) is 12.5. The fourth-order valence-corrected chi connectivity index (χ4v) is 7.28. The van der Waals surface area contributed by atoms with Crippen LogP contribution in [0.15, 0.2) is 109 Å². The van der Waals surface area contributed by atoms with Gasteiger partial charge < -0.3 is 9.47 Å². The predicted octanol–water partition coefficient (Wildman–Crippen LogP) is 11.0. The van der Waals surface area contributed by atoms with Crippen LogP contribution in [0.4, 0.5) is 5.69 Å². The van der Waals surface area contributed by atoms with Crippen LogP contribution in [0, 0.1) is 0 Å². The number of benzene rings is 5. The maximum absolute atomic E-state index is 13.8. The molecule has 54 heavy (non-hydrogen) atoms. The molecule has 7 rings (SSSR count). The molecule has 0 saturated carbocycles. The summed E-state index contributed by atoms with van der Waals surface area (Å²) in [5.41, 5.74) is 3.65. The highest BCUT2D eigenvalue weighted by molar-refractivity contribution is 6.34. The molecule has 0 spiro atoms. The third kappa shape index (κ3) is 6.25. The maximum atomic E-state index is 13.8. The Morgan fingerprint density at radius 2 is 0.944 bits per heavy atom. The van der Waals surface area contributed by atoms with Crippen molar-refractivity contribution >= 4 is 29.3 Å². The summed E-state index contributed by atoms with van der Waals surface area (Å²) in [6.07, 6.45) is 3.33. The number of carbonyl (C=O) groups excluding carboxylic acids is 4. The van der Waals surface area contributed by atoms with Crippen molar-refractivity contribution < 1.29 is 28.7 Å². The number of hydrogen-bond donors (Lipinski definition) is 0. The first-order valence-corrected chi connectivity index (χ1v) is 18.7. The number of nitrogens with zero attached hydrogens (tertiary/aromatic N) is 2. The molecule has 274 valence electrons. The average molecular weight is 721 g/mol. The van der Waals surface area contributed by atoms with Crippen LogP contribution >= 0.6 is 0 Å². The number of imide groups is 2. The molecule has 0 aliphatic carbocycles. The fraction of sp³-hybridized carbons (Fsp3) is 0.261. The van der Waals surface area contributed by atoms with E-state index < -0.39 is 17.4 Å². The quantitative estimate of drug-likeness (QED) is 0.119. The van der Waals surface area contributed by atoms with Gasteiger partial charge in [0.2, 0.25) is 0 Å². The van der Waals surface area contributed by atoms with E-state index in [0.29, 0.717) is 58.0 Å². The van der Waals surface area contributed by atoms with Crippen molar-refractivity contribution in [2.45, 2.75) is 78.2 Å². The molecule has 0 N–H and O–H groups in total. The standard InChI is InChI=1S/C46H44N2O6/c1-7-45(5,8-2)31-14-11-16-33(26-31)53-35-18-13-19-36(28-35)54-34-17-12-15-32(27-34)47-41(49)37-22-20-29(24-39(37)42(47)50)30-21-23-38-40(25-30)44(52)48(43(38)51)46(6,9-3)10-4/h11-28H,7-10H2,1-6H3. The fourth-order valence-electron chi connectivity index (χ4n) is 7.28. The highest BCUT2D eigenvalue weighted by atomic mass is 16.5. The highest BCUT2D eigenvalue weighted by Gasteiger charge is 2.45. The Hall–Kier alpha value is -6.02. The van der Waals surface area contributed by atoms with Gasteiger partial charge in [-0.2, -0.15) is 0 Å². The van der Waals surface area contributed by atoms with E-state index in [-0.39, 0.29) is 28.4 Å². The van der Waals surface area contributed by atoms with Gasteiger partial charge in [-0.1, -0.05) is 71.0 Å². The summed E-state index contributed by atoms with van der Waals surface area (Å²) in [6, 6.07) is 32.6. The van der Waals surface area contributed by atoms with Gasteiger partial charge in [0.25, 0.3) is 23.6 Å². The zero-order chi connectivity index (χ0) is 38.4. The van der Waals surface area contributed by atoms with Crippen molar-refractivity contribution in [3.05, 3.63) is 137 Å². The number of anilines is 1. The van der Waals surface area contributed by atoms with E-state index in [0.717, 1.165) is 23.5 Å². The lowest BCUT2D eigenvalue weighted by Gasteiger charge is -2.35. The maximum Gasteiger partial charge on any atom is 0.266 e.